The molecule has 128 valence electrons. The summed E-state index contributed by atoms with van der Waals surface area (Å²) in [7, 11) is 0. The van der Waals surface area contributed by atoms with E-state index in [1.165, 1.54) is 12.1 Å². The standard InChI is InChI=1S/C19H20N4O2/c1-12-17(21-13(2)25-12)19(24)22-16-9-4-3-8-15(16)18-20-11-14-7-5-6-10-23(14)18/h3-4,8-9,11H,5-7,10H2,1-2H3,(H,22,24). The second-order valence-electron chi connectivity index (χ2n) is 6.32. The fraction of sp³-hybridized carbons (Fsp3) is 0.316. The fourth-order valence-corrected chi connectivity index (χ4v) is 3.36. The highest BCUT2D eigenvalue weighted by atomic mass is 16.4. The Kier molecular flexibility index (Phi) is 3.87. The molecule has 1 aliphatic rings. The van der Waals surface area contributed by atoms with Crippen LogP contribution in [0.4, 0.5) is 5.69 Å². The smallest absolute Gasteiger partial charge is 0.277 e. The Hall–Kier alpha value is -2.89. The number of anilines is 1. The van der Waals surface area contributed by atoms with Crippen molar-refractivity contribution in [3.05, 3.63) is 53.5 Å². The summed E-state index contributed by atoms with van der Waals surface area (Å²) in [5.41, 5.74) is 3.22. The zero-order valence-corrected chi connectivity index (χ0v) is 14.4. The maximum absolute atomic E-state index is 12.6. The molecular formula is C19H20N4O2. The number of carbonyl (C=O) groups excluding carboxylic acids is 1. The van der Waals surface area contributed by atoms with Gasteiger partial charge >= 0.3 is 0 Å². The normalized spacial score (nSPS) is 13.5. The molecule has 0 unspecified atom stereocenters. The van der Waals surface area contributed by atoms with Crippen LogP contribution in [0, 0.1) is 13.8 Å². The molecule has 4 rings (SSSR count). The van der Waals surface area contributed by atoms with E-state index in [1.54, 1.807) is 13.8 Å². The Balaban J connectivity index is 1.69. The molecule has 0 bridgehead atoms. The van der Waals surface area contributed by atoms with Gasteiger partial charge in [0, 0.05) is 30.9 Å². The molecule has 0 aliphatic carbocycles. The van der Waals surface area contributed by atoms with Crippen LogP contribution in [0.1, 0.15) is 40.7 Å². The highest BCUT2D eigenvalue weighted by Crippen LogP contribution is 2.30. The predicted molar refractivity (Wildman–Crippen MR) is 94.5 cm³/mol. The lowest BCUT2D eigenvalue weighted by molar-refractivity contribution is 0.102. The van der Waals surface area contributed by atoms with Gasteiger partial charge in [-0.25, -0.2) is 9.97 Å². The fourth-order valence-electron chi connectivity index (χ4n) is 3.36. The first-order valence-electron chi connectivity index (χ1n) is 8.52. The van der Waals surface area contributed by atoms with E-state index in [9.17, 15) is 4.79 Å². The molecule has 6 heteroatoms. The first-order valence-corrected chi connectivity index (χ1v) is 8.52. The molecule has 0 saturated heterocycles. The van der Waals surface area contributed by atoms with E-state index in [0.29, 0.717) is 17.3 Å². The molecule has 0 saturated carbocycles. The number of nitrogens with zero attached hydrogens (tertiary/aromatic N) is 3. The summed E-state index contributed by atoms with van der Waals surface area (Å²) in [6, 6.07) is 7.74. The summed E-state index contributed by atoms with van der Waals surface area (Å²) < 4.78 is 7.61. The van der Waals surface area contributed by atoms with Crippen molar-refractivity contribution < 1.29 is 9.21 Å². The molecule has 3 aromatic rings. The number of nitrogens with one attached hydrogen (secondary N) is 1. The summed E-state index contributed by atoms with van der Waals surface area (Å²) >= 11 is 0. The molecule has 1 amide bonds. The lowest BCUT2D eigenvalue weighted by Gasteiger charge is -2.18. The molecule has 0 fully saturated rings. The molecule has 0 atom stereocenters. The molecular weight excluding hydrogens is 316 g/mol. The molecule has 6 nitrogen and oxygen atoms in total. The second-order valence-corrected chi connectivity index (χ2v) is 6.32. The van der Waals surface area contributed by atoms with Crippen LogP contribution in [0.3, 0.4) is 0 Å². The van der Waals surface area contributed by atoms with Crippen molar-refractivity contribution in [2.24, 2.45) is 0 Å². The number of fused-ring (bicyclic) bond motifs is 1. The number of oxazole rings is 1. The van der Waals surface area contributed by atoms with E-state index in [4.69, 9.17) is 4.42 Å². The number of aryl methyl sites for hydroxylation is 3. The van der Waals surface area contributed by atoms with Crippen molar-refractivity contribution in [3.63, 3.8) is 0 Å². The Morgan fingerprint density at radius 3 is 2.88 bits per heavy atom. The Labute approximate surface area is 145 Å². The van der Waals surface area contributed by atoms with Gasteiger partial charge < -0.3 is 14.3 Å². The van der Waals surface area contributed by atoms with Gasteiger partial charge in [-0.3, -0.25) is 4.79 Å². The van der Waals surface area contributed by atoms with Crippen molar-refractivity contribution in [1.29, 1.82) is 0 Å². The predicted octanol–water partition coefficient (Wildman–Crippen LogP) is 3.74. The molecule has 3 heterocycles. The summed E-state index contributed by atoms with van der Waals surface area (Å²) in [6.45, 7) is 4.44. The third-order valence-corrected chi connectivity index (χ3v) is 4.54. The van der Waals surface area contributed by atoms with Crippen LogP contribution in [0.2, 0.25) is 0 Å². The van der Waals surface area contributed by atoms with E-state index in [2.05, 4.69) is 19.9 Å². The topological polar surface area (TPSA) is 73.0 Å². The quantitative estimate of drug-likeness (QED) is 0.791. The van der Waals surface area contributed by atoms with Gasteiger partial charge in [0.25, 0.3) is 5.91 Å². The molecule has 1 aliphatic heterocycles. The zero-order chi connectivity index (χ0) is 17.4. The van der Waals surface area contributed by atoms with Gasteiger partial charge in [-0.1, -0.05) is 12.1 Å². The highest BCUT2D eigenvalue weighted by Gasteiger charge is 2.20. The van der Waals surface area contributed by atoms with E-state index < -0.39 is 0 Å². The lowest BCUT2D eigenvalue weighted by atomic mass is 10.1. The van der Waals surface area contributed by atoms with Crippen molar-refractivity contribution in [2.45, 2.75) is 39.7 Å². The van der Waals surface area contributed by atoms with Crippen molar-refractivity contribution >= 4 is 11.6 Å². The average molecular weight is 336 g/mol. The van der Waals surface area contributed by atoms with Crippen molar-refractivity contribution in [1.82, 2.24) is 14.5 Å². The second kappa shape index (κ2) is 6.20. The molecule has 0 spiro atoms. The number of imidazole rings is 1. The first-order chi connectivity index (χ1) is 12.1. The van der Waals surface area contributed by atoms with Crippen LogP contribution < -0.4 is 5.32 Å². The van der Waals surface area contributed by atoms with E-state index in [1.807, 2.05) is 30.5 Å². The van der Waals surface area contributed by atoms with E-state index in [0.717, 1.165) is 36.5 Å². The van der Waals surface area contributed by atoms with E-state index in [-0.39, 0.29) is 5.91 Å². The van der Waals surface area contributed by atoms with Gasteiger partial charge in [0.1, 0.15) is 11.6 Å². The number of carbonyl (C=O) groups is 1. The maximum Gasteiger partial charge on any atom is 0.277 e. The van der Waals surface area contributed by atoms with Crippen LogP contribution in [-0.2, 0) is 13.0 Å². The summed E-state index contributed by atoms with van der Waals surface area (Å²) in [6.07, 6.45) is 5.35. The minimum absolute atomic E-state index is 0.271. The van der Waals surface area contributed by atoms with Gasteiger partial charge in [0.2, 0.25) is 0 Å². The van der Waals surface area contributed by atoms with Gasteiger partial charge in [-0.2, -0.15) is 0 Å². The molecule has 1 N–H and O–H groups in total. The largest absolute Gasteiger partial charge is 0.445 e. The number of hydrogen-bond donors (Lipinski definition) is 1. The van der Waals surface area contributed by atoms with Crippen LogP contribution in [0.5, 0.6) is 0 Å². The number of benzene rings is 1. The number of hydrogen-bond acceptors (Lipinski definition) is 4. The Bertz CT molecular complexity index is 939. The summed E-state index contributed by atoms with van der Waals surface area (Å²) in [5.74, 6) is 1.63. The monoisotopic (exact) mass is 336 g/mol. The van der Waals surface area contributed by atoms with Crippen LogP contribution >= 0.6 is 0 Å². The van der Waals surface area contributed by atoms with Crippen LogP contribution in [0.15, 0.2) is 34.9 Å². The third-order valence-electron chi connectivity index (χ3n) is 4.54. The SMILES string of the molecule is Cc1nc(C(=O)Nc2ccccc2-c2ncc3n2CCCC3)c(C)o1. The molecule has 0 radical (unpaired) electrons. The average Bonchev–Trinajstić information content (AvgIpc) is 3.18. The lowest BCUT2D eigenvalue weighted by Crippen LogP contribution is -2.15. The third kappa shape index (κ3) is 2.84. The van der Waals surface area contributed by atoms with Crippen LogP contribution in [-0.4, -0.2) is 20.4 Å². The molecule has 25 heavy (non-hydrogen) atoms. The Morgan fingerprint density at radius 1 is 1.24 bits per heavy atom. The molecule has 1 aromatic carbocycles. The van der Waals surface area contributed by atoms with E-state index >= 15 is 0 Å². The number of aromatic nitrogens is 3. The van der Waals surface area contributed by atoms with Gasteiger partial charge in [-0.15, -0.1) is 0 Å². The van der Waals surface area contributed by atoms with Crippen LogP contribution in [0.25, 0.3) is 11.4 Å². The number of rotatable bonds is 3. The molecule has 2 aromatic heterocycles. The van der Waals surface area contributed by atoms with Gasteiger partial charge in [0.05, 0.1) is 5.69 Å². The van der Waals surface area contributed by atoms with Gasteiger partial charge in [0.15, 0.2) is 11.6 Å². The van der Waals surface area contributed by atoms with Gasteiger partial charge in [-0.05, 0) is 38.3 Å². The van der Waals surface area contributed by atoms with Crippen molar-refractivity contribution in [2.75, 3.05) is 5.32 Å². The summed E-state index contributed by atoms with van der Waals surface area (Å²) in [4.78, 5) is 21.4. The first kappa shape index (κ1) is 15.6. The highest BCUT2D eigenvalue weighted by molar-refractivity contribution is 6.05. The van der Waals surface area contributed by atoms with Crippen molar-refractivity contribution in [3.8, 4) is 11.4 Å². The summed E-state index contributed by atoms with van der Waals surface area (Å²) in [5, 5.41) is 2.96. The zero-order valence-electron chi connectivity index (χ0n) is 14.4. The number of amides is 1. The minimum Gasteiger partial charge on any atom is -0.445 e. The minimum atomic E-state index is -0.271. The Morgan fingerprint density at radius 2 is 2.08 bits per heavy atom. The number of para-hydroxylation sites is 1. The maximum atomic E-state index is 12.6.